The van der Waals surface area contributed by atoms with Gasteiger partial charge in [-0.1, -0.05) is 28.1 Å². The van der Waals surface area contributed by atoms with Crippen LogP contribution in [0.25, 0.3) is 0 Å². The lowest BCUT2D eigenvalue weighted by molar-refractivity contribution is -0.136. The minimum atomic E-state index is -0.697. The van der Waals surface area contributed by atoms with Crippen molar-refractivity contribution in [1.82, 2.24) is 5.32 Å². The highest BCUT2D eigenvalue weighted by Gasteiger charge is 2.17. The van der Waals surface area contributed by atoms with Crippen molar-refractivity contribution in [3.63, 3.8) is 0 Å². The van der Waals surface area contributed by atoms with E-state index < -0.39 is 11.8 Å². The van der Waals surface area contributed by atoms with Gasteiger partial charge in [-0.15, -0.1) is 0 Å². The van der Waals surface area contributed by atoms with E-state index in [1.807, 2.05) is 44.2 Å². The average Bonchev–Trinajstić information content (AvgIpc) is 2.58. The lowest BCUT2D eigenvalue weighted by Crippen LogP contribution is -2.36. The smallest absolute Gasteiger partial charge is 0.313 e. The highest BCUT2D eigenvalue weighted by atomic mass is 79.9. The molecule has 0 bridgehead atoms. The first kappa shape index (κ1) is 18.0. The van der Waals surface area contributed by atoms with Gasteiger partial charge in [-0.05, 0) is 55.3 Å². The summed E-state index contributed by atoms with van der Waals surface area (Å²) in [6.07, 6.45) is 0. The van der Waals surface area contributed by atoms with Gasteiger partial charge in [0.1, 0.15) is 5.75 Å². The molecule has 6 heteroatoms. The molecule has 0 aromatic heterocycles. The second-order valence-corrected chi connectivity index (χ2v) is 6.24. The Morgan fingerprint density at radius 2 is 1.75 bits per heavy atom. The summed E-state index contributed by atoms with van der Waals surface area (Å²) >= 11 is 3.39. The summed E-state index contributed by atoms with van der Waals surface area (Å²) in [6, 6.07) is 12.4. The van der Waals surface area contributed by atoms with Gasteiger partial charge in [-0.25, -0.2) is 0 Å². The van der Waals surface area contributed by atoms with E-state index in [4.69, 9.17) is 4.74 Å². The van der Waals surface area contributed by atoms with Crippen molar-refractivity contribution >= 4 is 33.4 Å². The van der Waals surface area contributed by atoms with Gasteiger partial charge in [-0.2, -0.15) is 0 Å². The molecule has 2 N–H and O–H groups in total. The van der Waals surface area contributed by atoms with Crippen LogP contribution in [0.1, 0.15) is 24.1 Å². The molecule has 0 aliphatic rings. The molecular formula is C18H19BrN2O3. The molecular weight excluding hydrogens is 372 g/mol. The Hall–Kier alpha value is -2.34. The Morgan fingerprint density at radius 3 is 2.33 bits per heavy atom. The second kappa shape index (κ2) is 7.97. The number of hydrogen-bond acceptors (Lipinski definition) is 3. The molecule has 5 nitrogen and oxygen atoms in total. The number of aryl methyl sites for hydroxylation is 1. The topological polar surface area (TPSA) is 67.4 Å². The first-order valence-electron chi connectivity index (χ1n) is 7.42. The van der Waals surface area contributed by atoms with Gasteiger partial charge in [-0.3, -0.25) is 9.59 Å². The van der Waals surface area contributed by atoms with E-state index >= 15 is 0 Å². The molecule has 0 saturated heterocycles. The highest BCUT2D eigenvalue weighted by molar-refractivity contribution is 9.10. The standard InChI is InChI=1S/C18H19BrN2O3/c1-11-10-14(6-9-16(11)19)21-18(23)17(22)20-12(2)13-4-7-15(24-3)8-5-13/h4-10,12H,1-3H3,(H,20,22)(H,21,23). The summed E-state index contributed by atoms with van der Waals surface area (Å²) < 4.78 is 6.04. The van der Waals surface area contributed by atoms with Crippen LogP contribution in [-0.2, 0) is 9.59 Å². The number of hydrogen-bond donors (Lipinski definition) is 2. The van der Waals surface area contributed by atoms with Crippen molar-refractivity contribution in [2.24, 2.45) is 0 Å². The zero-order valence-corrected chi connectivity index (χ0v) is 15.3. The van der Waals surface area contributed by atoms with Gasteiger partial charge in [0.15, 0.2) is 0 Å². The van der Waals surface area contributed by atoms with Crippen LogP contribution >= 0.6 is 15.9 Å². The molecule has 2 aromatic rings. The van der Waals surface area contributed by atoms with E-state index in [0.29, 0.717) is 5.69 Å². The van der Waals surface area contributed by atoms with Crippen molar-refractivity contribution in [1.29, 1.82) is 0 Å². The molecule has 1 atom stereocenters. The van der Waals surface area contributed by atoms with Crippen LogP contribution in [0.15, 0.2) is 46.9 Å². The highest BCUT2D eigenvalue weighted by Crippen LogP contribution is 2.20. The fourth-order valence-electron chi connectivity index (χ4n) is 2.15. The minimum absolute atomic E-state index is 0.291. The summed E-state index contributed by atoms with van der Waals surface area (Å²) in [4.78, 5) is 24.1. The van der Waals surface area contributed by atoms with Crippen LogP contribution in [0.2, 0.25) is 0 Å². The molecule has 24 heavy (non-hydrogen) atoms. The van der Waals surface area contributed by atoms with Crippen LogP contribution in [0, 0.1) is 6.92 Å². The van der Waals surface area contributed by atoms with Gasteiger partial charge < -0.3 is 15.4 Å². The molecule has 0 fully saturated rings. The van der Waals surface area contributed by atoms with Crippen LogP contribution in [0.3, 0.4) is 0 Å². The summed E-state index contributed by atoms with van der Waals surface area (Å²) in [7, 11) is 1.59. The second-order valence-electron chi connectivity index (χ2n) is 5.39. The quantitative estimate of drug-likeness (QED) is 0.783. The Balaban J connectivity index is 1.97. The van der Waals surface area contributed by atoms with Gasteiger partial charge in [0.2, 0.25) is 0 Å². The molecule has 0 saturated carbocycles. The van der Waals surface area contributed by atoms with E-state index in [9.17, 15) is 9.59 Å². The van der Waals surface area contributed by atoms with E-state index in [-0.39, 0.29) is 6.04 Å². The summed E-state index contributed by atoms with van der Waals surface area (Å²) in [5, 5.41) is 5.27. The van der Waals surface area contributed by atoms with Crippen molar-refractivity contribution in [2.75, 3.05) is 12.4 Å². The predicted molar refractivity (Wildman–Crippen MR) is 97.1 cm³/mol. The van der Waals surface area contributed by atoms with Gasteiger partial charge in [0.05, 0.1) is 13.2 Å². The van der Waals surface area contributed by atoms with Crippen LogP contribution < -0.4 is 15.4 Å². The zero-order valence-electron chi connectivity index (χ0n) is 13.7. The number of amides is 2. The molecule has 126 valence electrons. The molecule has 2 amide bonds. The third-order valence-corrected chi connectivity index (χ3v) is 4.48. The number of ether oxygens (including phenoxy) is 1. The Labute approximate surface area is 149 Å². The van der Waals surface area contributed by atoms with Gasteiger partial charge in [0.25, 0.3) is 0 Å². The molecule has 0 aliphatic carbocycles. The molecule has 0 heterocycles. The van der Waals surface area contributed by atoms with Gasteiger partial charge in [0, 0.05) is 10.2 Å². The average molecular weight is 391 g/mol. The summed E-state index contributed by atoms with van der Waals surface area (Å²) in [5.41, 5.74) is 2.43. The number of nitrogens with one attached hydrogen (secondary N) is 2. The first-order valence-corrected chi connectivity index (χ1v) is 8.22. The molecule has 1 unspecified atom stereocenters. The predicted octanol–water partition coefficient (Wildman–Crippen LogP) is 3.58. The summed E-state index contributed by atoms with van der Waals surface area (Å²) in [6.45, 7) is 3.72. The maximum atomic E-state index is 12.0. The van der Waals surface area contributed by atoms with Gasteiger partial charge >= 0.3 is 11.8 Å². The maximum Gasteiger partial charge on any atom is 0.313 e. The number of halogens is 1. The third-order valence-electron chi connectivity index (χ3n) is 3.59. The number of anilines is 1. The molecule has 0 radical (unpaired) electrons. The lowest BCUT2D eigenvalue weighted by atomic mass is 10.1. The normalized spacial score (nSPS) is 11.5. The Kier molecular flexibility index (Phi) is 5.98. The van der Waals surface area contributed by atoms with E-state index in [1.54, 1.807) is 19.2 Å². The Bertz CT molecular complexity index is 744. The molecule has 2 rings (SSSR count). The minimum Gasteiger partial charge on any atom is -0.497 e. The molecule has 0 aliphatic heterocycles. The van der Waals surface area contributed by atoms with Crippen molar-refractivity contribution in [3.05, 3.63) is 58.1 Å². The first-order chi connectivity index (χ1) is 11.4. The number of rotatable bonds is 4. The van der Waals surface area contributed by atoms with E-state index in [2.05, 4.69) is 26.6 Å². The lowest BCUT2D eigenvalue weighted by Gasteiger charge is -2.14. The maximum absolute atomic E-state index is 12.0. The number of methoxy groups -OCH3 is 1. The number of carbonyl (C=O) groups excluding carboxylic acids is 2. The van der Waals surface area contributed by atoms with Crippen molar-refractivity contribution in [2.45, 2.75) is 19.9 Å². The fraction of sp³-hybridized carbons (Fsp3) is 0.222. The summed E-state index contributed by atoms with van der Waals surface area (Å²) in [5.74, 6) is -0.642. The van der Waals surface area contributed by atoms with Crippen molar-refractivity contribution in [3.8, 4) is 5.75 Å². The monoisotopic (exact) mass is 390 g/mol. The van der Waals surface area contributed by atoms with E-state index in [1.165, 1.54) is 0 Å². The van der Waals surface area contributed by atoms with Crippen molar-refractivity contribution < 1.29 is 14.3 Å². The van der Waals surface area contributed by atoms with Crippen LogP contribution in [0.5, 0.6) is 5.75 Å². The fourth-order valence-corrected chi connectivity index (χ4v) is 2.40. The number of carbonyl (C=O) groups is 2. The zero-order chi connectivity index (χ0) is 17.7. The SMILES string of the molecule is COc1ccc(C(C)NC(=O)C(=O)Nc2ccc(Br)c(C)c2)cc1. The van der Waals surface area contributed by atoms with Crippen LogP contribution in [-0.4, -0.2) is 18.9 Å². The third kappa shape index (κ3) is 4.58. The number of benzene rings is 2. The molecule has 0 spiro atoms. The molecule has 2 aromatic carbocycles. The Morgan fingerprint density at radius 1 is 1.08 bits per heavy atom. The van der Waals surface area contributed by atoms with Crippen LogP contribution in [0.4, 0.5) is 5.69 Å². The van der Waals surface area contributed by atoms with E-state index in [0.717, 1.165) is 21.3 Å². The largest absolute Gasteiger partial charge is 0.497 e.